The van der Waals surface area contributed by atoms with Gasteiger partial charge in [-0.2, -0.15) is 0 Å². The standard InChI is InChI=1S/C20H19FN2O3S/c1-2-25-16-7-9-17(10-8-16)26-13-19(24)23-20-22-12-18(27-20)11-14-3-5-15(21)6-4-14/h3-10,12H,2,11,13H2,1H3,(H,22,23,24). The van der Waals surface area contributed by atoms with Crippen LogP contribution in [0.15, 0.2) is 54.7 Å². The van der Waals surface area contributed by atoms with Crippen molar-refractivity contribution in [1.82, 2.24) is 4.98 Å². The van der Waals surface area contributed by atoms with Crippen LogP contribution in [0, 0.1) is 5.82 Å². The van der Waals surface area contributed by atoms with Crippen molar-refractivity contribution in [3.05, 3.63) is 71.0 Å². The molecule has 0 spiro atoms. The molecule has 0 saturated heterocycles. The average Bonchev–Trinajstić information content (AvgIpc) is 3.10. The van der Waals surface area contributed by atoms with Gasteiger partial charge in [0.25, 0.3) is 5.91 Å². The molecule has 7 heteroatoms. The van der Waals surface area contributed by atoms with Gasteiger partial charge in [0.05, 0.1) is 6.61 Å². The summed E-state index contributed by atoms with van der Waals surface area (Å²) >= 11 is 1.38. The van der Waals surface area contributed by atoms with E-state index >= 15 is 0 Å². The minimum atomic E-state index is -0.286. The van der Waals surface area contributed by atoms with E-state index in [0.29, 0.717) is 23.9 Å². The van der Waals surface area contributed by atoms with Gasteiger partial charge in [-0.3, -0.25) is 10.1 Å². The van der Waals surface area contributed by atoms with Crippen LogP contribution < -0.4 is 14.8 Å². The first-order valence-corrected chi connectivity index (χ1v) is 9.28. The monoisotopic (exact) mass is 386 g/mol. The highest BCUT2D eigenvalue weighted by Gasteiger charge is 2.08. The van der Waals surface area contributed by atoms with Gasteiger partial charge in [-0.25, -0.2) is 9.37 Å². The van der Waals surface area contributed by atoms with Gasteiger partial charge < -0.3 is 9.47 Å². The summed E-state index contributed by atoms with van der Waals surface area (Å²) in [5.74, 6) is 0.797. The highest BCUT2D eigenvalue weighted by Crippen LogP contribution is 2.22. The first-order chi connectivity index (χ1) is 13.1. The number of thiazole rings is 1. The van der Waals surface area contributed by atoms with Gasteiger partial charge in [0.2, 0.25) is 0 Å². The molecule has 0 aliphatic rings. The Morgan fingerprint density at radius 2 is 1.74 bits per heavy atom. The van der Waals surface area contributed by atoms with Crippen molar-refractivity contribution in [2.45, 2.75) is 13.3 Å². The molecule has 0 radical (unpaired) electrons. The van der Waals surface area contributed by atoms with E-state index in [1.54, 1.807) is 42.6 Å². The maximum atomic E-state index is 12.9. The molecule has 1 aromatic heterocycles. The summed E-state index contributed by atoms with van der Waals surface area (Å²) in [6.45, 7) is 2.40. The van der Waals surface area contributed by atoms with E-state index < -0.39 is 0 Å². The van der Waals surface area contributed by atoms with Crippen LogP contribution in [0.2, 0.25) is 0 Å². The van der Waals surface area contributed by atoms with Crippen LogP contribution in [0.5, 0.6) is 11.5 Å². The molecule has 3 rings (SSSR count). The molecule has 1 heterocycles. The lowest BCUT2D eigenvalue weighted by Gasteiger charge is -2.07. The molecule has 0 saturated carbocycles. The number of ether oxygens (including phenoxy) is 2. The molecule has 0 bridgehead atoms. The van der Waals surface area contributed by atoms with Crippen molar-refractivity contribution in [2.24, 2.45) is 0 Å². The molecule has 140 valence electrons. The second-order valence-electron chi connectivity index (χ2n) is 5.68. The fourth-order valence-electron chi connectivity index (χ4n) is 2.35. The lowest BCUT2D eigenvalue weighted by Crippen LogP contribution is -2.19. The summed E-state index contributed by atoms with van der Waals surface area (Å²) in [4.78, 5) is 17.2. The van der Waals surface area contributed by atoms with E-state index in [2.05, 4.69) is 10.3 Å². The van der Waals surface area contributed by atoms with Crippen LogP contribution in [0.1, 0.15) is 17.4 Å². The number of nitrogens with one attached hydrogen (secondary N) is 1. The van der Waals surface area contributed by atoms with Crippen LogP contribution in [-0.2, 0) is 11.2 Å². The number of aromatic nitrogens is 1. The third kappa shape index (κ3) is 5.79. The van der Waals surface area contributed by atoms with Crippen LogP contribution in [0.3, 0.4) is 0 Å². The Morgan fingerprint density at radius 3 is 2.41 bits per heavy atom. The molecule has 5 nitrogen and oxygen atoms in total. The van der Waals surface area contributed by atoms with Gasteiger partial charge >= 0.3 is 0 Å². The van der Waals surface area contributed by atoms with Crippen molar-refractivity contribution < 1.29 is 18.7 Å². The fourth-order valence-corrected chi connectivity index (χ4v) is 3.22. The molecule has 0 aliphatic heterocycles. The van der Waals surface area contributed by atoms with Gasteiger partial charge in [0.1, 0.15) is 17.3 Å². The summed E-state index contributed by atoms with van der Waals surface area (Å²) < 4.78 is 23.8. The van der Waals surface area contributed by atoms with E-state index in [1.807, 2.05) is 6.92 Å². The summed E-state index contributed by atoms with van der Waals surface area (Å²) in [5, 5.41) is 3.22. The zero-order chi connectivity index (χ0) is 19.1. The maximum Gasteiger partial charge on any atom is 0.264 e. The Morgan fingerprint density at radius 1 is 1.07 bits per heavy atom. The predicted molar refractivity (Wildman–Crippen MR) is 103 cm³/mol. The molecule has 3 aromatic rings. The number of nitrogens with zero attached hydrogens (tertiary/aromatic N) is 1. The average molecular weight is 386 g/mol. The molecule has 2 aromatic carbocycles. The van der Waals surface area contributed by atoms with E-state index in [1.165, 1.54) is 23.5 Å². The highest BCUT2D eigenvalue weighted by molar-refractivity contribution is 7.15. The van der Waals surface area contributed by atoms with Gasteiger partial charge in [0, 0.05) is 17.5 Å². The number of halogens is 1. The molecule has 0 unspecified atom stereocenters. The smallest absolute Gasteiger partial charge is 0.264 e. The van der Waals surface area contributed by atoms with Gasteiger partial charge in [-0.1, -0.05) is 12.1 Å². The van der Waals surface area contributed by atoms with Crippen molar-refractivity contribution in [2.75, 3.05) is 18.5 Å². The molecule has 1 amide bonds. The number of carbonyl (C=O) groups excluding carboxylic acids is 1. The topological polar surface area (TPSA) is 60.5 Å². The predicted octanol–water partition coefficient (Wildman–Crippen LogP) is 4.29. The van der Waals surface area contributed by atoms with Crippen LogP contribution in [-0.4, -0.2) is 24.1 Å². The maximum absolute atomic E-state index is 12.9. The van der Waals surface area contributed by atoms with Crippen molar-refractivity contribution in [3.63, 3.8) is 0 Å². The number of carbonyl (C=O) groups is 1. The molecular weight excluding hydrogens is 367 g/mol. The van der Waals surface area contributed by atoms with Gasteiger partial charge in [0.15, 0.2) is 11.7 Å². The van der Waals surface area contributed by atoms with Crippen molar-refractivity contribution in [1.29, 1.82) is 0 Å². The largest absolute Gasteiger partial charge is 0.494 e. The summed E-state index contributed by atoms with van der Waals surface area (Å²) in [6, 6.07) is 13.4. The van der Waals surface area contributed by atoms with Crippen LogP contribution in [0.4, 0.5) is 9.52 Å². The lowest BCUT2D eigenvalue weighted by atomic mass is 10.1. The number of hydrogen-bond acceptors (Lipinski definition) is 5. The molecule has 1 N–H and O–H groups in total. The third-order valence-electron chi connectivity index (χ3n) is 3.60. The highest BCUT2D eigenvalue weighted by atomic mass is 32.1. The molecule has 0 atom stereocenters. The SMILES string of the molecule is CCOc1ccc(OCC(=O)Nc2ncc(Cc3ccc(F)cc3)s2)cc1. The van der Waals surface area contributed by atoms with Crippen LogP contribution in [0.25, 0.3) is 0 Å². The number of hydrogen-bond donors (Lipinski definition) is 1. The Bertz CT molecular complexity index is 879. The molecule has 0 fully saturated rings. The quantitative estimate of drug-likeness (QED) is 0.627. The van der Waals surface area contributed by atoms with Crippen LogP contribution >= 0.6 is 11.3 Å². The van der Waals surface area contributed by atoms with Gasteiger partial charge in [-0.15, -0.1) is 11.3 Å². The van der Waals surface area contributed by atoms with E-state index in [9.17, 15) is 9.18 Å². The second kappa shape index (κ2) is 9.14. The summed E-state index contributed by atoms with van der Waals surface area (Å²) in [5.41, 5.74) is 0.983. The Labute approximate surface area is 160 Å². The van der Waals surface area contributed by atoms with Crippen molar-refractivity contribution in [3.8, 4) is 11.5 Å². The van der Waals surface area contributed by atoms with Gasteiger partial charge in [-0.05, 0) is 48.9 Å². The van der Waals surface area contributed by atoms with E-state index in [0.717, 1.165) is 16.2 Å². The summed E-state index contributed by atoms with van der Waals surface area (Å²) in [6.07, 6.45) is 2.34. The van der Waals surface area contributed by atoms with E-state index in [4.69, 9.17) is 9.47 Å². The number of rotatable bonds is 8. The lowest BCUT2D eigenvalue weighted by molar-refractivity contribution is -0.118. The minimum absolute atomic E-state index is 0.110. The number of amides is 1. The van der Waals surface area contributed by atoms with Crippen molar-refractivity contribution >= 4 is 22.4 Å². The Balaban J connectivity index is 1.48. The third-order valence-corrected chi connectivity index (χ3v) is 4.51. The summed E-state index contributed by atoms with van der Waals surface area (Å²) in [7, 11) is 0. The normalized spacial score (nSPS) is 10.4. The zero-order valence-corrected chi connectivity index (χ0v) is 15.6. The fraction of sp³-hybridized carbons (Fsp3) is 0.200. The number of anilines is 1. The number of benzene rings is 2. The minimum Gasteiger partial charge on any atom is -0.494 e. The zero-order valence-electron chi connectivity index (χ0n) is 14.8. The Kier molecular flexibility index (Phi) is 6.38. The van der Waals surface area contributed by atoms with E-state index in [-0.39, 0.29) is 18.3 Å². The first-order valence-electron chi connectivity index (χ1n) is 8.47. The molecular formula is C20H19FN2O3S. The molecule has 27 heavy (non-hydrogen) atoms. The second-order valence-corrected chi connectivity index (χ2v) is 6.79. The first kappa shape index (κ1) is 18.8. The Hall–Kier alpha value is -2.93. The molecule has 0 aliphatic carbocycles.